The molecule has 0 amide bonds. The summed E-state index contributed by atoms with van der Waals surface area (Å²) in [4.78, 5) is 0. The molecule has 0 aromatic carbocycles. The molecule has 1 aromatic rings. The van der Waals surface area contributed by atoms with Crippen molar-refractivity contribution in [3.05, 3.63) is 5.82 Å². The Bertz CT molecular complexity index is 249. The molecule has 3 nitrogen and oxygen atoms in total. The molecule has 0 fully saturated rings. The molecule has 0 N–H and O–H groups in total. The highest BCUT2D eigenvalue weighted by molar-refractivity contribution is 9.09. The number of aryl methyl sites for hydroxylation is 1. The van der Waals surface area contributed by atoms with Gasteiger partial charge in [-0.05, 0) is 13.3 Å². The Hall–Kier alpha value is -0.0300. The first-order valence-corrected chi connectivity index (χ1v) is 5.91. The lowest BCUT2D eigenvalue weighted by Gasteiger charge is -1.99. The molecule has 0 atom stereocenters. The summed E-state index contributed by atoms with van der Waals surface area (Å²) in [7, 11) is 1.99. The summed E-state index contributed by atoms with van der Waals surface area (Å²) in [5, 5.41) is 10.1. The van der Waals surface area contributed by atoms with Crippen molar-refractivity contribution in [3.63, 3.8) is 0 Å². The molecule has 5 heteroatoms. The predicted octanol–water partition coefficient (Wildman–Crippen LogP) is 2.00. The fourth-order valence-corrected chi connectivity index (χ4v) is 2.28. The largest absolute Gasteiger partial charge is 0.309 e. The maximum Gasteiger partial charge on any atom is 0.190 e. The third kappa shape index (κ3) is 2.48. The van der Waals surface area contributed by atoms with Crippen molar-refractivity contribution in [2.45, 2.75) is 18.5 Å². The zero-order chi connectivity index (χ0) is 8.97. The molecule has 0 aliphatic heterocycles. The van der Waals surface area contributed by atoms with Gasteiger partial charge in [0.15, 0.2) is 5.16 Å². The number of aromatic nitrogens is 3. The minimum Gasteiger partial charge on any atom is -0.309 e. The molecule has 68 valence electrons. The lowest BCUT2D eigenvalue weighted by molar-refractivity contribution is 0.765. The lowest BCUT2D eigenvalue weighted by atomic mass is 10.6. The van der Waals surface area contributed by atoms with Gasteiger partial charge in [0.1, 0.15) is 5.82 Å². The topological polar surface area (TPSA) is 30.7 Å². The molecule has 0 aliphatic carbocycles. The fourth-order valence-electron chi connectivity index (χ4n) is 0.731. The van der Waals surface area contributed by atoms with E-state index in [4.69, 9.17) is 0 Å². The molecule has 0 aliphatic rings. The average molecular weight is 250 g/mol. The number of halogens is 1. The van der Waals surface area contributed by atoms with Crippen LogP contribution in [0.4, 0.5) is 0 Å². The summed E-state index contributed by atoms with van der Waals surface area (Å²) in [6, 6.07) is 0. The standard InChI is InChI=1S/C7H12BrN3S/c1-6-9-10-7(11(6)2)12-5-3-4-8/h3-5H2,1-2H3. The number of thioether (sulfide) groups is 1. The van der Waals surface area contributed by atoms with Crippen molar-refractivity contribution in [2.75, 3.05) is 11.1 Å². The lowest BCUT2D eigenvalue weighted by Crippen LogP contribution is -1.94. The van der Waals surface area contributed by atoms with E-state index in [1.807, 2.05) is 18.5 Å². The number of alkyl halides is 1. The normalized spacial score (nSPS) is 10.6. The van der Waals surface area contributed by atoms with E-state index in [2.05, 4.69) is 26.1 Å². The minimum absolute atomic E-state index is 0.969. The SMILES string of the molecule is Cc1nnc(SCCCBr)n1C. The van der Waals surface area contributed by atoms with Gasteiger partial charge >= 0.3 is 0 Å². The molecule has 0 unspecified atom stereocenters. The van der Waals surface area contributed by atoms with Crippen molar-refractivity contribution in [1.82, 2.24) is 14.8 Å². The second kappa shape index (κ2) is 4.87. The van der Waals surface area contributed by atoms with Gasteiger partial charge in [0, 0.05) is 18.1 Å². The van der Waals surface area contributed by atoms with Gasteiger partial charge in [-0.1, -0.05) is 27.7 Å². The van der Waals surface area contributed by atoms with Crippen LogP contribution in [0.2, 0.25) is 0 Å². The first-order valence-electron chi connectivity index (χ1n) is 3.80. The number of hydrogen-bond donors (Lipinski definition) is 0. The van der Waals surface area contributed by atoms with Gasteiger partial charge in [0.2, 0.25) is 0 Å². The molecule has 1 aromatic heterocycles. The van der Waals surface area contributed by atoms with Crippen LogP contribution in [0.3, 0.4) is 0 Å². The van der Waals surface area contributed by atoms with Gasteiger partial charge in [-0.2, -0.15) is 0 Å². The molecule has 1 heterocycles. The van der Waals surface area contributed by atoms with Crippen molar-refractivity contribution in [2.24, 2.45) is 7.05 Å². The molecular weight excluding hydrogens is 238 g/mol. The molecule has 0 spiro atoms. The van der Waals surface area contributed by atoms with Crippen LogP contribution in [0.5, 0.6) is 0 Å². The monoisotopic (exact) mass is 249 g/mol. The van der Waals surface area contributed by atoms with E-state index in [0.717, 1.165) is 28.5 Å². The first-order chi connectivity index (χ1) is 5.75. The fraction of sp³-hybridized carbons (Fsp3) is 0.714. The van der Waals surface area contributed by atoms with Crippen LogP contribution in [-0.2, 0) is 7.05 Å². The van der Waals surface area contributed by atoms with Crippen molar-refractivity contribution < 1.29 is 0 Å². The van der Waals surface area contributed by atoms with Gasteiger partial charge in [-0.25, -0.2) is 0 Å². The van der Waals surface area contributed by atoms with Gasteiger partial charge in [0.25, 0.3) is 0 Å². The van der Waals surface area contributed by atoms with Crippen LogP contribution in [0.15, 0.2) is 5.16 Å². The van der Waals surface area contributed by atoms with Gasteiger partial charge in [-0.15, -0.1) is 10.2 Å². The summed E-state index contributed by atoms with van der Waals surface area (Å²) < 4.78 is 2.01. The van der Waals surface area contributed by atoms with Crippen LogP contribution in [0.25, 0.3) is 0 Å². The minimum atomic E-state index is 0.969. The Morgan fingerprint density at radius 1 is 1.50 bits per heavy atom. The molecule has 0 saturated heterocycles. The Morgan fingerprint density at radius 2 is 2.25 bits per heavy atom. The summed E-state index contributed by atoms with van der Waals surface area (Å²) in [6.45, 7) is 1.96. The third-order valence-corrected chi connectivity index (χ3v) is 3.23. The van der Waals surface area contributed by atoms with E-state index in [1.54, 1.807) is 11.8 Å². The summed E-state index contributed by atoms with van der Waals surface area (Å²) in [6.07, 6.45) is 1.16. The van der Waals surface area contributed by atoms with E-state index in [1.165, 1.54) is 0 Å². The van der Waals surface area contributed by atoms with Crippen LogP contribution in [0, 0.1) is 6.92 Å². The van der Waals surface area contributed by atoms with Gasteiger partial charge in [-0.3, -0.25) is 0 Å². The van der Waals surface area contributed by atoms with Crippen molar-refractivity contribution in [3.8, 4) is 0 Å². The highest BCUT2D eigenvalue weighted by Gasteiger charge is 2.03. The summed E-state index contributed by atoms with van der Waals surface area (Å²) >= 11 is 5.14. The maximum atomic E-state index is 4.05. The molecule has 1 rings (SSSR count). The Kier molecular flexibility index (Phi) is 4.08. The molecule has 12 heavy (non-hydrogen) atoms. The first kappa shape index (κ1) is 10.1. The highest BCUT2D eigenvalue weighted by atomic mass is 79.9. The predicted molar refractivity (Wildman–Crippen MR) is 54.9 cm³/mol. The van der Waals surface area contributed by atoms with Gasteiger partial charge in [0.05, 0.1) is 0 Å². The van der Waals surface area contributed by atoms with E-state index in [-0.39, 0.29) is 0 Å². The van der Waals surface area contributed by atoms with Crippen molar-refractivity contribution >= 4 is 27.7 Å². The molecule has 0 saturated carbocycles. The second-order valence-electron chi connectivity index (χ2n) is 2.48. The zero-order valence-corrected chi connectivity index (χ0v) is 9.65. The van der Waals surface area contributed by atoms with Crippen LogP contribution in [0.1, 0.15) is 12.2 Å². The number of rotatable bonds is 4. The maximum absolute atomic E-state index is 4.05. The second-order valence-corrected chi connectivity index (χ2v) is 4.33. The van der Waals surface area contributed by atoms with Crippen LogP contribution >= 0.6 is 27.7 Å². The molecule has 0 bridgehead atoms. The quantitative estimate of drug-likeness (QED) is 0.465. The smallest absolute Gasteiger partial charge is 0.190 e. The number of nitrogens with zero attached hydrogens (tertiary/aromatic N) is 3. The Balaban J connectivity index is 2.46. The van der Waals surface area contributed by atoms with Crippen molar-refractivity contribution in [1.29, 1.82) is 0 Å². The van der Waals surface area contributed by atoms with E-state index in [9.17, 15) is 0 Å². The molecule has 0 radical (unpaired) electrons. The van der Waals surface area contributed by atoms with E-state index < -0.39 is 0 Å². The van der Waals surface area contributed by atoms with Crippen LogP contribution < -0.4 is 0 Å². The zero-order valence-electron chi connectivity index (χ0n) is 7.25. The van der Waals surface area contributed by atoms with E-state index >= 15 is 0 Å². The van der Waals surface area contributed by atoms with E-state index in [0.29, 0.717) is 0 Å². The molecular formula is C7H12BrN3S. The summed E-state index contributed by atoms with van der Waals surface area (Å²) in [5.41, 5.74) is 0. The average Bonchev–Trinajstić information content (AvgIpc) is 2.36. The summed E-state index contributed by atoms with van der Waals surface area (Å²) in [5.74, 6) is 2.06. The number of hydrogen-bond acceptors (Lipinski definition) is 3. The Morgan fingerprint density at radius 3 is 2.75 bits per heavy atom. The highest BCUT2D eigenvalue weighted by Crippen LogP contribution is 2.16. The third-order valence-electron chi connectivity index (χ3n) is 1.56. The van der Waals surface area contributed by atoms with Crippen LogP contribution in [-0.4, -0.2) is 25.8 Å². The Labute approximate surface area is 85.1 Å². The van der Waals surface area contributed by atoms with Gasteiger partial charge < -0.3 is 4.57 Å².